The molecule has 10 nitrogen and oxygen atoms in total. The zero-order valence-electron chi connectivity index (χ0n) is 14.9. The van der Waals surface area contributed by atoms with E-state index < -0.39 is 0 Å². The van der Waals surface area contributed by atoms with Gasteiger partial charge >= 0.3 is 0 Å². The summed E-state index contributed by atoms with van der Waals surface area (Å²) in [6.07, 6.45) is 9.36. The Morgan fingerprint density at radius 1 is 1.29 bits per heavy atom. The zero-order valence-corrected chi connectivity index (χ0v) is 14.9. The maximum atomic E-state index is 12.6. The third-order valence-electron chi connectivity index (χ3n) is 5.62. The van der Waals surface area contributed by atoms with Crippen molar-refractivity contribution in [3.05, 3.63) is 59.2 Å². The van der Waals surface area contributed by atoms with Gasteiger partial charge in [-0.1, -0.05) is 11.2 Å². The lowest BCUT2D eigenvalue weighted by molar-refractivity contribution is 0.364. The summed E-state index contributed by atoms with van der Waals surface area (Å²) in [6, 6.07) is 0. The van der Waals surface area contributed by atoms with Crippen molar-refractivity contribution in [2.45, 2.75) is 18.9 Å². The first kappa shape index (κ1) is 15.5. The summed E-state index contributed by atoms with van der Waals surface area (Å²) in [7, 11) is 1.76. The molecule has 0 aromatic carbocycles. The van der Waals surface area contributed by atoms with Gasteiger partial charge in [0.2, 0.25) is 5.89 Å². The second kappa shape index (κ2) is 5.47. The quantitative estimate of drug-likeness (QED) is 0.523. The first-order valence-electron chi connectivity index (χ1n) is 8.97. The van der Waals surface area contributed by atoms with Crippen molar-refractivity contribution in [2.75, 3.05) is 0 Å². The Bertz CT molecular complexity index is 1280. The molecule has 3 atom stereocenters. The lowest BCUT2D eigenvalue weighted by Gasteiger charge is -2.02. The molecule has 4 heterocycles. The average Bonchev–Trinajstić information content (AvgIpc) is 3.30. The molecule has 2 aliphatic rings. The van der Waals surface area contributed by atoms with E-state index in [1.165, 1.54) is 22.9 Å². The Morgan fingerprint density at radius 3 is 2.96 bits per heavy atom. The van der Waals surface area contributed by atoms with Gasteiger partial charge in [-0.05, 0) is 23.8 Å². The van der Waals surface area contributed by atoms with Gasteiger partial charge in [0.05, 0.1) is 12.5 Å². The minimum absolute atomic E-state index is 0.182. The van der Waals surface area contributed by atoms with Crippen LogP contribution in [0, 0.1) is 11.8 Å². The predicted molar refractivity (Wildman–Crippen MR) is 95.0 cm³/mol. The Kier molecular flexibility index (Phi) is 3.03. The summed E-state index contributed by atoms with van der Waals surface area (Å²) in [5.74, 6) is 3.06. The molecule has 10 heteroatoms. The molecule has 1 saturated carbocycles. The van der Waals surface area contributed by atoms with Gasteiger partial charge < -0.3 is 13.5 Å². The van der Waals surface area contributed by atoms with Crippen molar-refractivity contribution in [1.82, 2.24) is 34.2 Å². The van der Waals surface area contributed by atoms with E-state index in [1.54, 1.807) is 24.1 Å². The van der Waals surface area contributed by atoms with Crippen LogP contribution in [0.4, 0.5) is 0 Å². The molecule has 28 heavy (non-hydrogen) atoms. The van der Waals surface area contributed by atoms with E-state index in [4.69, 9.17) is 8.94 Å². The maximum Gasteiger partial charge on any atom is 0.280 e. The van der Waals surface area contributed by atoms with Crippen LogP contribution in [0.25, 0.3) is 16.7 Å². The van der Waals surface area contributed by atoms with Crippen molar-refractivity contribution in [3.8, 4) is 0 Å². The van der Waals surface area contributed by atoms with Gasteiger partial charge in [-0.3, -0.25) is 9.36 Å². The van der Waals surface area contributed by atoms with Crippen LogP contribution in [0.3, 0.4) is 0 Å². The van der Waals surface area contributed by atoms with Gasteiger partial charge in [0.25, 0.3) is 5.56 Å². The number of rotatable bonds is 4. The topological polar surface area (TPSA) is 118 Å². The minimum atomic E-state index is -0.187. The number of nitrogens with zero attached hydrogens (tertiary/aromatic N) is 7. The lowest BCUT2D eigenvalue weighted by atomic mass is 10.1. The highest BCUT2D eigenvalue weighted by molar-refractivity contribution is 5.69. The van der Waals surface area contributed by atoms with Gasteiger partial charge in [-0.2, -0.15) is 4.98 Å². The number of aryl methyl sites for hydroxylation is 1. The normalized spacial score (nSPS) is 23.2. The largest absolute Gasteiger partial charge is 0.444 e. The summed E-state index contributed by atoms with van der Waals surface area (Å²) >= 11 is 0. The monoisotopic (exact) mass is 377 g/mol. The average molecular weight is 377 g/mol. The van der Waals surface area contributed by atoms with Crippen molar-refractivity contribution >= 4 is 16.7 Å². The molecule has 140 valence electrons. The highest BCUT2D eigenvalue weighted by Gasteiger charge is 2.56. The molecule has 0 radical (unpaired) electrons. The molecular weight excluding hydrogens is 362 g/mol. The van der Waals surface area contributed by atoms with Gasteiger partial charge in [-0.15, -0.1) is 0 Å². The van der Waals surface area contributed by atoms with Gasteiger partial charge in [0.15, 0.2) is 23.4 Å². The fourth-order valence-corrected chi connectivity index (χ4v) is 4.16. The molecule has 0 aliphatic heterocycles. The standard InChI is InChI=1S/C18H15N7O3/c1-24-6-20-17-15(24)18(26)25(7-21-17)5-13-22-16(23-28-13)14-10-2-9(3-11(10)14)12-4-19-8-27-12/h2,4,6-8,10-11,14H,3,5H2,1H3/t10-,11+,14+/m0/s1. The summed E-state index contributed by atoms with van der Waals surface area (Å²) in [6.45, 7) is 0.182. The molecular formula is C18H15N7O3. The van der Waals surface area contributed by atoms with Crippen molar-refractivity contribution in [2.24, 2.45) is 18.9 Å². The van der Waals surface area contributed by atoms with Gasteiger partial charge in [-0.25, -0.2) is 15.0 Å². The third-order valence-corrected chi connectivity index (χ3v) is 5.62. The second-order valence-electron chi connectivity index (χ2n) is 7.28. The molecule has 4 aromatic rings. The van der Waals surface area contributed by atoms with Crippen molar-refractivity contribution in [1.29, 1.82) is 0 Å². The van der Waals surface area contributed by atoms with E-state index in [-0.39, 0.29) is 18.0 Å². The number of oxazole rings is 1. The highest BCUT2D eigenvalue weighted by atomic mass is 16.5. The van der Waals surface area contributed by atoms with E-state index in [0.29, 0.717) is 34.7 Å². The summed E-state index contributed by atoms with van der Waals surface area (Å²) in [4.78, 5) is 29.4. The molecule has 0 amide bonds. The van der Waals surface area contributed by atoms with E-state index in [2.05, 4.69) is 31.2 Å². The molecule has 0 N–H and O–H groups in total. The number of hydrogen-bond acceptors (Lipinski definition) is 8. The van der Waals surface area contributed by atoms with Crippen molar-refractivity contribution < 1.29 is 8.94 Å². The summed E-state index contributed by atoms with van der Waals surface area (Å²) in [5, 5.41) is 4.14. The molecule has 1 fully saturated rings. The highest BCUT2D eigenvalue weighted by Crippen LogP contribution is 2.62. The number of fused-ring (bicyclic) bond motifs is 2. The van der Waals surface area contributed by atoms with Gasteiger partial charge in [0, 0.05) is 13.0 Å². The Labute approximate surface area is 157 Å². The first-order valence-corrected chi connectivity index (χ1v) is 8.97. The van der Waals surface area contributed by atoms with Crippen LogP contribution in [0.2, 0.25) is 0 Å². The number of aromatic nitrogens is 7. The zero-order chi connectivity index (χ0) is 18.8. The Hall–Kier alpha value is -3.56. The number of imidazole rings is 1. The molecule has 0 unspecified atom stereocenters. The van der Waals surface area contributed by atoms with Crippen LogP contribution in [0.15, 0.2) is 45.1 Å². The Morgan fingerprint density at radius 2 is 2.18 bits per heavy atom. The van der Waals surface area contributed by atoms with Crippen LogP contribution in [-0.4, -0.2) is 34.2 Å². The van der Waals surface area contributed by atoms with E-state index in [1.807, 2.05) is 0 Å². The molecule has 0 bridgehead atoms. The molecule has 2 aliphatic carbocycles. The number of hydrogen-bond donors (Lipinski definition) is 0. The van der Waals surface area contributed by atoms with Gasteiger partial charge in [0.1, 0.15) is 18.6 Å². The van der Waals surface area contributed by atoms with Crippen LogP contribution in [0.5, 0.6) is 0 Å². The predicted octanol–water partition coefficient (Wildman–Crippen LogP) is 1.37. The fourth-order valence-electron chi connectivity index (χ4n) is 4.16. The first-order chi connectivity index (χ1) is 13.7. The van der Waals surface area contributed by atoms with Crippen LogP contribution >= 0.6 is 0 Å². The third kappa shape index (κ3) is 2.20. The molecule has 4 aromatic heterocycles. The molecule has 0 saturated heterocycles. The summed E-state index contributed by atoms with van der Waals surface area (Å²) in [5.41, 5.74) is 1.88. The lowest BCUT2D eigenvalue weighted by Crippen LogP contribution is -2.22. The van der Waals surface area contributed by atoms with E-state index in [0.717, 1.165) is 12.2 Å². The Balaban J connectivity index is 1.23. The van der Waals surface area contributed by atoms with Crippen LogP contribution < -0.4 is 5.56 Å². The second-order valence-corrected chi connectivity index (χ2v) is 7.28. The molecule has 6 rings (SSSR count). The van der Waals surface area contributed by atoms with E-state index >= 15 is 0 Å². The summed E-state index contributed by atoms with van der Waals surface area (Å²) < 4.78 is 13.9. The van der Waals surface area contributed by atoms with Crippen LogP contribution in [0.1, 0.15) is 29.8 Å². The maximum absolute atomic E-state index is 12.6. The van der Waals surface area contributed by atoms with E-state index in [9.17, 15) is 4.79 Å². The fraction of sp³-hybridized carbons (Fsp3) is 0.333. The van der Waals surface area contributed by atoms with Crippen LogP contribution in [-0.2, 0) is 13.6 Å². The van der Waals surface area contributed by atoms with Crippen molar-refractivity contribution in [3.63, 3.8) is 0 Å². The minimum Gasteiger partial charge on any atom is -0.444 e. The number of allylic oxidation sites excluding steroid dienone is 2. The smallest absolute Gasteiger partial charge is 0.280 e. The SMILES string of the molecule is Cn1cnc2ncn(Cc3nc([C@@H]4[C@H]5C=C(c6cnco6)C[C@H]54)no3)c(=O)c21. The molecule has 0 spiro atoms.